The van der Waals surface area contributed by atoms with Crippen LogP contribution in [0.3, 0.4) is 0 Å². The van der Waals surface area contributed by atoms with Gasteiger partial charge in [0, 0.05) is 5.69 Å². The Bertz CT molecular complexity index is 1080. The van der Waals surface area contributed by atoms with Crippen molar-refractivity contribution in [2.45, 2.75) is 6.92 Å². The topological polar surface area (TPSA) is 102 Å². The highest BCUT2D eigenvalue weighted by Gasteiger charge is 2.40. The van der Waals surface area contributed by atoms with Gasteiger partial charge in [0.1, 0.15) is 10.7 Å². The molecular weight excluding hydrogens is 412 g/mol. The SMILES string of the molecule is CCOC(=O)c1cccc(NC2=C(Cl)C(=O)N(c3ccccc3C(=O)OC)C2=O)c1. The quantitative estimate of drug-likeness (QED) is 0.557. The van der Waals surface area contributed by atoms with Gasteiger partial charge in [0.2, 0.25) is 0 Å². The van der Waals surface area contributed by atoms with E-state index >= 15 is 0 Å². The lowest BCUT2D eigenvalue weighted by atomic mass is 10.1. The van der Waals surface area contributed by atoms with E-state index < -0.39 is 23.8 Å². The number of para-hydroxylation sites is 1. The second kappa shape index (κ2) is 8.79. The van der Waals surface area contributed by atoms with Crippen molar-refractivity contribution in [3.8, 4) is 0 Å². The molecule has 0 saturated heterocycles. The molecule has 0 fully saturated rings. The van der Waals surface area contributed by atoms with Crippen LogP contribution in [0.2, 0.25) is 0 Å². The van der Waals surface area contributed by atoms with Crippen LogP contribution in [0.4, 0.5) is 11.4 Å². The number of benzene rings is 2. The van der Waals surface area contributed by atoms with Gasteiger partial charge in [0.05, 0.1) is 30.5 Å². The number of carbonyl (C=O) groups excluding carboxylic acids is 4. The Morgan fingerprint density at radius 3 is 2.47 bits per heavy atom. The fourth-order valence-electron chi connectivity index (χ4n) is 2.86. The number of imide groups is 1. The van der Waals surface area contributed by atoms with E-state index in [-0.39, 0.29) is 34.2 Å². The van der Waals surface area contributed by atoms with Crippen LogP contribution < -0.4 is 10.2 Å². The van der Waals surface area contributed by atoms with Gasteiger partial charge in [-0.3, -0.25) is 9.59 Å². The van der Waals surface area contributed by atoms with Gasteiger partial charge in [-0.15, -0.1) is 0 Å². The van der Waals surface area contributed by atoms with Crippen LogP contribution in [0.25, 0.3) is 0 Å². The van der Waals surface area contributed by atoms with Gasteiger partial charge in [-0.25, -0.2) is 14.5 Å². The second-order valence-corrected chi connectivity index (χ2v) is 6.45. The fourth-order valence-corrected chi connectivity index (χ4v) is 3.08. The summed E-state index contributed by atoms with van der Waals surface area (Å²) in [5.74, 6) is -2.76. The average molecular weight is 429 g/mol. The van der Waals surface area contributed by atoms with E-state index in [2.05, 4.69) is 5.32 Å². The number of rotatable bonds is 6. The highest BCUT2D eigenvalue weighted by atomic mass is 35.5. The van der Waals surface area contributed by atoms with Crippen molar-refractivity contribution in [1.29, 1.82) is 0 Å². The van der Waals surface area contributed by atoms with Crippen molar-refractivity contribution in [2.75, 3.05) is 23.9 Å². The van der Waals surface area contributed by atoms with Crippen LogP contribution >= 0.6 is 11.6 Å². The number of halogens is 1. The van der Waals surface area contributed by atoms with Crippen LogP contribution in [0.15, 0.2) is 59.3 Å². The molecule has 1 aliphatic heterocycles. The van der Waals surface area contributed by atoms with Gasteiger partial charge in [-0.05, 0) is 37.3 Å². The number of amides is 2. The predicted molar refractivity (Wildman–Crippen MR) is 109 cm³/mol. The summed E-state index contributed by atoms with van der Waals surface area (Å²) >= 11 is 6.13. The summed E-state index contributed by atoms with van der Waals surface area (Å²) in [6.07, 6.45) is 0. The summed E-state index contributed by atoms with van der Waals surface area (Å²) in [5.41, 5.74) is 0.537. The zero-order valence-electron chi connectivity index (χ0n) is 16.1. The Balaban J connectivity index is 1.92. The second-order valence-electron chi connectivity index (χ2n) is 6.07. The predicted octanol–water partition coefficient (Wildman–Crippen LogP) is 3.09. The lowest BCUT2D eigenvalue weighted by Gasteiger charge is -2.18. The summed E-state index contributed by atoms with van der Waals surface area (Å²) in [7, 11) is 1.20. The molecule has 8 nitrogen and oxygen atoms in total. The Kier molecular flexibility index (Phi) is 6.17. The molecule has 0 aromatic heterocycles. The minimum atomic E-state index is -0.790. The molecule has 154 valence electrons. The fraction of sp³-hybridized carbons (Fsp3) is 0.143. The molecule has 2 aromatic rings. The van der Waals surface area contributed by atoms with E-state index in [9.17, 15) is 19.2 Å². The van der Waals surface area contributed by atoms with Gasteiger partial charge < -0.3 is 14.8 Å². The summed E-state index contributed by atoms with van der Waals surface area (Å²) < 4.78 is 9.67. The first-order valence-corrected chi connectivity index (χ1v) is 9.27. The molecule has 1 N–H and O–H groups in total. The maximum absolute atomic E-state index is 13.0. The van der Waals surface area contributed by atoms with Crippen molar-refractivity contribution < 1.29 is 28.7 Å². The Morgan fingerprint density at radius 1 is 1.03 bits per heavy atom. The maximum atomic E-state index is 13.0. The minimum absolute atomic E-state index is 0.0386. The largest absolute Gasteiger partial charge is 0.465 e. The van der Waals surface area contributed by atoms with Gasteiger partial charge in [-0.1, -0.05) is 29.8 Å². The molecule has 0 unspecified atom stereocenters. The number of methoxy groups -OCH3 is 1. The highest BCUT2D eigenvalue weighted by Crippen LogP contribution is 2.32. The molecule has 0 atom stereocenters. The molecule has 30 heavy (non-hydrogen) atoms. The Morgan fingerprint density at radius 2 is 1.77 bits per heavy atom. The molecule has 2 aromatic carbocycles. The molecule has 0 radical (unpaired) electrons. The summed E-state index contributed by atoms with van der Waals surface area (Å²) in [6.45, 7) is 1.91. The van der Waals surface area contributed by atoms with E-state index in [1.165, 1.54) is 25.3 Å². The zero-order chi connectivity index (χ0) is 21.8. The van der Waals surface area contributed by atoms with Gasteiger partial charge >= 0.3 is 11.9 Å². The summed E-state index contributed by atoms with van der Waals surface area (Å²) in [6, 6.07) is 12.2. The van der Waals surface area contributed by atoms with Crippen LogP contribution in [0.5, 0.6) is 0 Å². The molecule has 0 aliphatic carbocycles. The Hall–Kier alpha value is -3.65. The summed E-state index contributed by atoms with van der Waals surface area (Å²) in [4.78, 5) is 50.4. The number of carbonyl (C=O) groups is 4. The lowest BCUT2D eigenvalue weighted by molar-refractivity contribution is -0.120. The molecule has 0 spiro atoms. The van der Waals surface area contributed by atoms with Crippen molar-refractivity contribution in [1.82, 2.24) is 0 Å². The normalized spacial score (nSPS) is 13.5. The molecule has 3 rings (SSSR count). The third-order valence-electron chi connectivity index (χ3n) is 4.22. The minimum Gasteiger partial charge on any atom is -0.465 e. The third kappa shape index (κ3) is 3.90. The summed E-state index contributed by atoms with van der Waals surface area (Å²) in [5, 5.41) is 2.44. The molecule has 0 saturated carbocycles. The van der Waals surface area contributed by atoms with E-state index in [4.69, 9.17) is 21.1 Å². The zero-order valence-corrected chi connectivity index (χ0v) is 16.9. The first-order chi connectivity index (χ1) is 14.4. The van der Waals surface area contributed by atoms with E-state index in [0.717, 1.165) is 4.90 Å². The van der Waals surface area contributed by atoms with Gasteiger partial charge in [-0.2, -0.15) is 0 Å². The molecular formula is C21H17ClN2O6. The van der Waals surface area contributed by atoms with E-state index in [1.54, 1.807) is 37.3 Å². The number of hydrogen-bond donors (Lipinski definition) is 1. The number of nitrogens with zero attached hydrogens (tertiary/aromatic N) is 1. The Labute approximate surface area is 177 Å². The first-order valence-electron chi connectivity index (χ1n) is 8.89. The van der Waals surface area contributed by atoms with Crippen molar-refractivity contribution >= 4 is 46.7 Å². The molecule has 0 bridgehead atoms. The average Bonchev–Trinajstić information content (AvgIpc) is 2.96. The van der Waals surface area contributed by atoms with Crippen molar-refractivity contribution in [3.63, 3.8) is 0 Å². The molecule has 1 heterocycles. The van der Waals surface area contributed by atoms with E-state index in [0.29, 0.717) is 5.69 Å². The van der Waals surface area contributed by atoms with Crippen molar-refractivity contribution in [2.24, 2.45) is 0 Å². The lowest BCUT2D eigenvalue weighted by Crippen LogP contribution is -2.33. The standard InChI is InChI=1S/C21H17ClN2O6/c1-3-30-20(27)12-7-6-8-13(11-12)23-17-16(22)18(25)24(19(17)26)15-10-5-4-9-14(15)21(28)29-2/h4-11,23H,3H2,1-2H3. The monoisotopic (exact) mass is 428 g/mol. The number of hydrogen-bond acceptors (Lipinski definition) is 7. The number of nitrogens with one attached hydrogen (secondary N) is 1. The molecule has 9 heteroatoms. The van der Waals surface area contributed by atoms with Crippen LogP contribution in [0, 0.1) is 0 Å². The highest BCUT2D eigenvalue weighted by molar-refractivity contribution is 6.53. The number of esters is 2. The van der Waals surface area contributed by atoms with Gasteiger partial charge in [0.15, 0.2) is 0 Å². The smallest absolute Gasteiger partial charge is 0.339 e. The number of ether oxygens (including phenoxy) is 2. The van der Waals surface area contributed by atoms with Crippen LogP contribution in [-0.2, 0) is 19.1 Å². The van der Waals surface area contributed by atoms with Crippen molar-refractivity contribution in [3.05, 3.63) is 70.4 Å². The van der Waals surface area contributed by atoms with Crippen LogP contribution in [-0.4, -0.2) is 37.5 Å². The molecule has 2 amide bonds. The first kappa shape index (κ1) is 21.1. The third-order valence-corrected chi connectivity index (χ3v) is 4.57. The number of anilines is 2. The van der Waals surface area contributed by atoms with E-state index in [1.807, 2.05) is 0 Å². The molecule has 1 aliphatic rings. The van der Waals surface area contributed by atoms with Crippen LogP contribution in [0.1, 0.15) is 27.6 Å². The maximum Gasteiger partial charge on any atom is 0.339 e. The van der Waals surface area contributed by atoms with Gasteiger partial charge in [0.25, 0.3) is 11.8 Å².